The van der Waals surface area contributed by atoms with Gasteiger partial charge in [0, 0.05) is 11.4 Å². The predicted molar refractivity (Wildman–Crippen MR) is 80.5 cm³/mol. The SMILES string of the molecule is COC(=O)c1ccc(NCc2nc(C)ccc2O)c(C)c1. The summed E-state index contributed by atoms with van der Waals surface area (Å²) in [5.41, 5.74) is 3.75. The van der Waals surface area contributed by atoms with Crippen molar-refractivity contribution in [3.63, 3.8) is 0 Å². The standard InChI is InChI=1S/C16H18N2O3/c1-10-8-12(16(20)21-3)5-6-13(10)17-9-14-15(19)7-4-11(2)18-14/h4-8,17,19H,9H2,1-3H3. The molecule has 0 saturated carbocycles. The second kappa shape index (κ2) is 6.26. The average molecular weight is 286 g/mol. The zero-order valence-electron chi connectivity index (χ0n) is 12.3. The Morgan fingerprint density at radius 2 is 2.05 bits per heavy atom. The van der Waals surface area contributed by atoms with Gasteiger partial charge in [-0.05, 0) is 49.7 Å². The van der Waals surface area contributed by atoms with Crippen molar-refractivity contribution in [3.05, 3.63) is 52.8 Å². The van der Waals surface area contributed by atoms with E-state index in [1.807, 2.05) is 19.9 Å². The van der Waals surface area contributed by atoms with E-state index < -0.39 is 0 Å². The second-order valence-electron chi connectivity index (χ2n) is 4.79. The molecule has 1 aromatic carbocycles. The molecule has 0 fully saturated rings. The summed E-state index contributed by atoms with van der Waals surface area (Å²) >= 11 is 0. The number of nitrogens with zero attached hydrogens (tertiary/aromatic N) is 1. The molecule has 0 aliphatic carbocycles. The third-order valence-corrected chi connectivity index (χ3v) is 3.18. The lowest BCUT2D eigenvalue weighted by atomic mass is 10.1. The van der Waals surface area contributed by atoms with E-state index in [2.05, 4.69) is 15.0 Å². The van der Waals surface area contributed by atoms with Crippen LogP contribution in [0.2, 0.25) is 0 Å². The third-order valence-electron chi connectivity index (χ3n) is 3.18. The van der Waals surface area contributed by atoms with Gasteiger partial charge in [-0.3, -0.25) is 4.98 Å². The number of rotatable bonds is 4. The summed E-state index contributed by atoms with van der Waals surface area (Å²) in [5, 5.41) is 13.0. The molecule has 0 saturated heterocycles. The van der Waals surface area contributed by atoms with Gasteiger partial charge in [-0.2, -0.15) is 0 Å². The molecule has 1 heterocycles. The molecule has 0 aliphatic rings. The maximum atomic E-state index is 11.5. The van der Waals surface area contributed by atoms with E-state index in [9.17, 15) is 9.90 Å². The van der Waals surface area contributed by atoms with Crippen LogP contribution in [0.4, 0.5) is 5.69 Å². The summed E-state index contributed by atoms with van der Waals surface area (Å²) in [6.07, 6.45) is 0. The minimum Gasteiger partial charge on any atom is -0.506 e. The summed E-state index contributed by atoms with van der Waals surface area (Å²) < 4.78 is 4.69. The van der Waals surface area contributed by atoms with Gasteiger partial charge >= 0.3 is 5.97 Å². The molecule has 5 heteroatoms. The number of nitrogens with one attached hydrogen (secondary N) is 1. The Hall–Kier alpha value is -2.56. The first-order chi connectivity index (χ1) is 10.0. The zero-order valence-corrected chi connectivity index (χ0v) is 12.3. The van der Waals surface area contributed by atoms with Crippen molar-refractivity contribution >= 4 is 11.7 Å². The number of aryl methyl sites for hydroxylation is 2. The highest BCUT2D eigenvalue weighted by molar-refractivity contribution is 5.90. The number of benzene rings is 1. The Morgan fingerprint density at radius 3 is 2.71 bits per heavy atom. The monoisotopic (exact) mass is 286 g/mol. The first-order valence-electron chi connectivity index (χ1n) is 6.59. The molecule has 0 bridgehead atoms. The Kier molecular flexibility index (Phi) is 4.42. The first kappa shape index (κ1) is 14.8. The summed E-state index contributed by atoms with van der Waals surface area (Å²) in [6.45, 7) is 4.18. The molecule has 0 amide bonds. The van der Waals surface area contributed by atoms with Crippen LogP contribution in [0.1, 0.15) is 27.3 Å². The smallest absolute Gasteiger partial charge is 0.337 e. The number of hydrogen-bond donors (Lipinski definition) is 2. The maximum absolute atomic E-state index is 11.5. The summed E-state index contributed by atoms with van der Waals surface area (Å²) in [6, 6.07) is 8.67. The van der Waals surface area contributed by atoms with Crippen molar-refractivity contribution in [3.8, 4) is 5.75 Å². The van der Waals surface area contributed by atoms with Crippen molar-refractivity contribution in [2.75, 3.05) is 12.4 Å². The fraction of sp³-hybridized carbons (Fsp3) is 0.250. The van der Waals surface area contributed by atoms with Crippen LogP contribution in [0, 0.1) is 13.8 Å². The van der Waals surface area contributed by atoms with Crippen molar-refractivity contribution in [1.29, 1.82) is 0 Å². The first-order valence-corrected chi connectivity index (χ1v) is 6.59. The molecule has 5 nitrogen and oxygen atoms in total. The van der Waals surface area contributed by atoms with Crippen LogP contribution in [-0.2, 0) is 11.3 Å². The lowest BCUT2D eigenvalue weighted by Crippen LogP contribution is -2.06. The van der Waals surface area contributed by atoms with Gasteiger partial charge in [0.15, 0.2) is 0 Å². The highest BCUT2D eigenvalue weighted by Crippen LogP contribution is 2.20. The van der Waals surface area contributed by atoms with Crippen molar-refractivity contribution < 1.29 is 14.6 Å². The average Bonchev–Trinajstić information content (AvgIpc) is 2.48. The molecule has 0 radical (unpaired) electrons. The summed E-state index contributed by atoms with van der Waals surface area (Å²) in [5.74, 6) is -0.195. The number of aromatic nitrogens is 1. The number of hydrogen-bond acceptors (Lipinski definition) is 5. The number of esters is 1. The van der Waals surface area contributed by atoms with Gasteiger partial charge in [0.2, 0.25) is 0 Å². The van der Waals surface area contributed by atoms with E-state index >= 15 is 0 Å². The summed E-state index contributed by atoms with van der Waals surface area (Å²) in [7, 11) is 1.36. The zero-order chi connectivity index (χ0) is 15.4. The van der Waals surface area contributed by atoms with Crippen LogP contribution in [-0.4, -0.2) is 23.2 Å². The van der Waals surface area contributed by atoms with Crippen LogP contribution < -0.4 is 5.32 Å². The molecule has 2 N–H and O–H groups in total. The predicted octanol–water partition coefficient (Wildman–Crippen LogP) is 2.80. The van der Waals surface area contributed by atoms with Gasteiger partial charge in [0.1, 0.15) is 11.4 Å². The van der Waals surface area contributed by atoms with Crippen LogP contribution in [0.3, 0.4) is 0 Å². The van der Waals surface area contributed by atoms with Gasteiger partial charge in [-0.25, -0.2) is 4.79 Å². The largest absolute Gasteiger partial charge is 0.506 e. The maximum Gasteiger partial charge on any atom is 0.337 e. The van der Waals surface area contributed by atoms with Crippen molar-refractivity contribution in [2.24, 2.45) is 0 Å². The lowest BCUT2D eigenvalue weighted by molar-refractivity contribution is 0.0600. The van der Waals surface area contributed by atoms with E-state index in [1.54, 1.807) is 24.3 Å². The van der Waals surface area contributed by atoms with E-state index in [-0.39, 0.29) is 11.7 Å². The van der Waals surface area contributed by atoms with Gasteiger partial charge in [-0.1, -0.05) is 0 Å². The molecule has 0 atom stereocenters. The number of carbonyl (C=O) groups excluding carboxylic acids is 1. The van der Waals surface area contributed by atoms with Crippen LogP contribution in [0.25, 0.3) is 0 Å². The third kappa shape index (κ3) is 3.51. The van der Waals surface area contributed by atoms with Crippen LogP contribution in [0.15, 0.2) is 30.3 Å². The quantitative estimate of drug-likeness (QED) is 0.846. The Bertz CT molecular complexity index is 669. The minimum absolute atomic E-state index is 0.164. The van der Waals surface area contributed by atoms with E-state index in [0.29, 0.717) is 17.8 Å². The molecule has 1 aromatic heterocycles. The molecule has 21 heavy (non-hydrogen) atoms. The van der Waals surface area contributed by atoms with Gasteiger partial charge in [0.05, 0.1) is 19.2 Å². The fourth-order valence-corrected chi connectivity index (χ4v) is 2.02. The fourth-order valence-electron chi connectivity index (χ4n) is 2.02. The van der Waals surface area contributed by atoms with E-state index in [0.717, 1.165) is 16.9 Å². The molecular weight excluding hydrogens is 268 g/mol. The molecule has 2 aromatic rings. The molecule has 2 rings (SSSR count). The Labute approximate surface area is 123 Å². The molecule has 0 spiro atoms. The van der Waals surface area contributed by atoms with Crippen LogP contribution >= 0.6 is 0 Å². The van der Waals surface area contributed by atoms with Gasteiger partial charge in [0.25, 0.3) is 0 Å². The Balaban J connectivity index is 2.13. The highest BCUT2D eigenvalue weighted by Gasteiger charge is 2.08. The van der Waals surface area contributed by atoms with Gasteiger partial charge in [-0.15, -0.1) is 0 Å². The number of anilines is 1. The number of carbonyl (C=O) groups is 1. The summed E-state index contributed by atoms with van der Waals surface area (Å²) in [4.78, 5) is 15.7. The molecule has 0 unspecified atom stereocenters. The Morgan fingerprint density at radius 1 is 1.29 bits per heavy atom. The molecular formula is C16H18N2O3. The van der Waals surface area contributed by atoms with E-state index in [1.165, 1.54) is 7.11 Å². The van der Waals surface area contributed by atoms with Crippen molar-refractivity contribution in [2.45, 2.75) is 20.4 Å². The molecule has 0 aliphatic heterocycles. The minimum atomic E-state index is -0.359. The number of pyridine rings is 1. The number of aromatic hydroxyl groups is 1. The van der Waals surface area contributed by atoms with E-state index in [4.69, 9.17) is 0 Å². The van der Waals surface area contributed by atoms with Gasteiger partial charge < -0.3 is 15.2 Å². The van der Waals surface area contributed by atoms with Crippen molar-refractivity contribution in [1.82, 2.24) is 4.98 Å². The normalized spacial score (nSPS) is 10.2. The number of methoxy groups -OCH3 is 1. The van der Waals surface area contributed by atoms with Crippen LogP contribution in [0.5, 0.6) is 5.75 Å². The number of ether oxygens (including phenoxy) is 1. The topological polar surface area (TPSA) is 71.5 Å². The lowest BCUT2D eigenvalue weighted by Gasteiger charge is -2.11. The highest BCUT2D eigenvalue weighted by atomic mass is 16.5. The second-order valence-corrected chi connectivity index (χ2v) is 4.79. The molecule has 110 valence electrons.